The summed E-state index contributed by atoms with van der Waals surface area (Å²) in [6.07, 6.45) is 3.00. The van der Waals surface area contributed by atoms with Crippen LogP contribution >= 0.6 is 0 Å². The monoisotopic (exact) mass is 370 g/mol. The summed E-state index contributed by atoms with van der Waals surface area (Å²) in [4.78, 5) is 25.5. The molecule has 27 heavy (non-hydrogen) atoms. The van der Waals surface area contributed by atoms with E-state index >= 15 is 0 Å². The molecule has 0 spiro atoms. The lowest BCUT2D eigenvalue weighted by Gasteiger charge is -2.33. The van der Waals surface area contributed by atoms with Crippen LogP contribution < -0.4 is 0 Å². The Labute approximate surface area is 159 Å². The molecule has 1 aliphatic rings. The molecule has 0 saturated carbocycles. The van der Waals surface area contributed by atoms with Crippen LogP contribution in [0.5, 0.6) is 0 Å². The molecule has 1 aliphatic heterocycles. The van der Waals surface area contributed by atoms with Gasteiger partial charge in [-0.05, 0) is 51.5 Å². The van der Waals surface area contributed by atoms with Gasteiger partial charge in [-0.2, -0.15) is 5.10 Å². The van der Waals surface area contributed by atoms with Crippen LogP contribution in [0.2, 0.25) is 0 Å². The van der Waals surface area contributed by atoms with Gasteiger partial charge < -0.3 is 4.90 Å². The quantitative estimate of drug-likeness (QED) is 0.596. The van der Waals surface area contributed by atoms with Gasteiger partial charge in [-0.1, -0.05) is 30.3 Å². The molecule has 0 aliphatic carbocycles. The first kappa shape index (κ1) is 19.1. The zero-order valence-electron chi connectivity index (χ0n) is 16.1. The Bertz CT molecular complexity index is 823. The summed E-state index contributed by atoms with van der Waals surface area (Å²) >= 11 is 0. The zero-order valence-corrected chi connectivity index (χ0v) is 16.1. The van der Waals surface area contributed by atoms with Gasteiger partial charge in [-0.25, -0.2) is 0 Å². The van der Waals surface area contributed by atoms with E-state index in [0.29, 0.717) is 17.3 Å². The molecule has 0 bridgehead atoms. The molecule has 3 rings (SSSR count). The highest BCUT2D eigenvalue weighted by molar-refractivity contribution is 5.80. The average Bonchev–Trinajstić information content (AvgIpc) is 2.96. The van der Waals surface area contributed by atoms with E-state index in [0.717, 1.165) is 32.4 Å². The van der Waals surface area contributed by atoms with E-state index in [1.54, 1.807) is 20.8 Å². The van der Waals surface area contributed by atoms with Gasteiger partial charge in [0.1, 0.15) is 17.4 Å². The number of carbonyl (C=O) groups excluding carboxylic acids is 1. The van der Waals surface area contributed by atoms with Crippen LogP contribution in [0.1, 0.15) is 42.8 Å². The summed E-state index contributed by atoms with van der Waals surface area (Å²) in [5.74, 6) is 0.565. The number of hydrogen-bond acceptors (Lipinski definition) is 4. The Morgan fingerprint density at radius 2 is 1.89 bits per heavy atom. The molecule has 7 nitrogen and oxygen atoms in total. The molecule has 1 aromatic heterocycles. The summed E-state index contributed by atoms with van der Waals surface area (Å²) in [6, 6.07) is 9.90. The highest BCUT2D eigenvalue weighted by atomic mass is 16.6. The molecule has 144 valence electrons. The van der Waals surface area contributed by atoms with Gasteiger partial charge in [-0.3, -0.25) is 19.6 Å². The van der Waals surface area contributed by atoms with Crippen molar-refractivity contribution in [3.63, 3.8) is 0 Å². The minimum Gasteiger partial charge on any atom is -0.341 e. The number of carbonyl (C=O) groups is 1. The van der Waals surface area contributed by atoms with Crippen molar-refractivity contribution in [2.75, 3.05) is 13.1 Å². The van der Waals surface area contributed by atoms with Gasteiger partial charge >= 0.3 is 5.69 Å². The van der Waals surface area contributed by atoms with Crippen molar-refractivity contribution in [3.05, 3.63) is 57.4 Å². The molecular weight excluding hydrogens is 344 g/mol. The Kier molecular flexibility index (Phi) is 5.58. The molecule has 1 amide bonds. The standard InChI is InChI=1S/C20H26N4O3/c1-14-19(24(26)27)15(2)23(21-14)16(3)20(25)22-11-9-18(10-12-22)13-17-7-5-4-6-8-17/h4-8,16,18H,9-13H2,1-3H3/t16-/m0/s1. The summed E-state index contributed by atoms with van der Waals surface area (Å²) < 4.78 is 1.49. The summed E-state index contributed by atoms with van der Waals surface area (Å²) in [5.41, 5.74) is 2.11. The van der Waals surface area contributed by atoms with E-state index in [9.17, 15) is 14.9 Å². The Morgan fingerprint density at radius 3 is 2.44 bits per heavy atom. The molecule has 0 radical (unpaired) electrons. The van der Waals surface area contributed by atoms with Gasteiger partial charge in [0, 0.05) is 13.1 Å². The van der Waals surface area contributed by atoms with Crippen molar-refractivity contribution >= 4 is 11.6 Å². The van der Waals surface area contributed by atoms with Crippen molar-refractivity contribution in [2.24, 2.45) is 5.92 Å². The molecule has 1 fully saturated rings. The first-order chi connectivity index (χ1) is 12.9. The van der Waals surface area contributed by atoms with Gasteiger partial charge in [-0.15, -0.1) is 0 Å². The number of benzene rings is 1. The summed E-state index contributed by atoms with van der Waals surface area (Å²) in [6.45, 7) is 6.47. The van der Waals surface area contributed by atoms with Crippen LogP contribution in [0.25, 0.3) is 0 Å². The second-order valence-electron chi connectivity index (χ2n) is 7.36. The van der Waals surface area contributed by atoms with Crippen LogP contribution in [0, 0.1) is 29.9 Å². The van der Waals surface area contributed by atoms with E-state index in [4.69, 9.17) is 0 Å². The highest BCUT2D eigenvalue weighted by Gasteiger charge is 2.31. The number of likely N-dealkylation sites (tertiary alicyclic amines) is 1. The maximum atomic E-state index is 12.9. The van der Waals surface area contributed by atoms with E-state index in [1.165, 1.54) is 10.2 Å². The Balaban J connectivity index is 1.62. The fourth-order valence-corrected chi connectivity index (χ4v) is 3.97. The third kappa shape index (κ3) is 4.02. The lowest BCUT2D eigenvalue weighted by Crippen LogP contribution is -2.42. The zero-order chi connectivity index (χ0) is 19.6. The maximum Gasteiger partial charge on any atom is 0.312 e. The summed E-state index contributed by atoms with van der Waals surface area (Å²) in [5, 5.41) is 15.4. The largest absolute Gasteiger partial charge is 0.341 e. The Morgan fingerprint density at radius 1 is 1.26 bits per heavy atom. The number of piperidine rings is 1. The van der Waals surface area contributed by atoms with Crippen molar-refractivity contribution in [1.29, 1.82) is 0 Å². The number of aromatic nitrogens is 2. The molecule has 1 atom stereocenters. The van der Waals surface area contributed by atoms with Gasteiger partial charge in [0.05, 0.1) is 4.92 Å². The van der Waals surface area contributed by atoms with Crippen LogP contribution in [0.4, 0.5) is 5.69 Å². The third-order valence-corrected chi connectivity index (χ3v) is 5.49. The molecule has 2 heterocycles. The summed E-state index contributed by atoms with van der Waals surface area (Å²) in [7, 11) is 0. The molecule has 0 N–H and O–H groups in total. The molecule has 1 saturated heterocycles. The minimum absolute atomic E-state index is 0.00350. The second-order valence-corrected chi connectivity index (χ2v) is 7.36. The van der Waals surface area contributed by atoms with Crippen LogP contribution in [0.15, 0.2) is 30.3 Å². The van der Waals surface area contributed by atoms with E-state index in [1.807, 2.05) is 11.0 Å². The van der Waals surface area contributed by atoms with Crippen LogP contribution in [0.3, 0.4) is 0 Å². The molecule has 2 aromatic rings. The number of nitro groups is 1. The predicted molar refractivity (Wildman–Crippen MR) is 103 cm³/mol. The molecule has 1 aromatic carbocycles. The predicted octanol–water partition coefficient (Wildman–Crippen LogP) is 3.45. The number of aryl methyl sites for hydroxylation is 1. The van der Waals surface area contributed by atoms with Crippen molar-refractivity contribution in [2.45, 2.75) is 46.1 Å². The average molecular weight is 370 g/mol. The van der Waals surface area contributed by atoms with Crippen molar-refractivity contribution in [1.82, 2.24) is 14.7 Å². The lowest BCUT2D eigenvalue weighted by atomic mass is 9.90. The molecule has 7 heteroatoms. The van der Waals surface area contributed by atoms with Crippen molar-refractivity contribution < 1.29 is 9.72 Å². The topological polar surface area (TPSA) is 81.3 Å². The number of nitrogens with zero attached hydrogens (tertiary/aromatic N) is 4. The maximum absolute atomic E-state index is 12.9. The third-order valence-electron chi connectivity index (χ3n) is 5.49. The first-order valence-corrected chi connectivity index (χ1v) is 9.41. The van der Waals surface area contributed by atoms with Crippen LogP contribution in [-0.4, -0.2) is 38.6 Å². The Hall–Kier alpha value is -2.70. The number of rotatable bonds is 5. The minimum atomic E-state index is -0.539. The lowest BCUT2D eigenvalue weighted by molar-refractivity contribution is -0.386. The fourth-order valence-electron chi connectivity index (χ4n) is 3.97. The number of hydrogen-bond donors (Lipinski definition) is 0. The van der Waals surface area contributed by atoms with Gasteiger partial charge in [0.25, 0.3) is 0 Å². The normalized spacial score (nSPS) is 16.3. The molecule has 0 unspecified atom stereocenters. The molecular formula is C20H26N4O3. The smallest absolute Gasteiger partial charge is 0.312 e. The van der Waals surface area contributed by atoms with E-state index in [2.05, 4.69) is 29.4 Å². The first-order valence-electron chi connectivity index (χ1n) is 9.41. The SMILES string of the molecule is Cc1nn([C@@H](C)C(=O)N2CCC(Cc3ccccc3)CC2)c(C)c1[N+](=O)[O-]. The van der Waals surface area contributed by atoms with E-state index < -0.39 is 11.0 Å². The fraction of sp³-hybridized carbons (Fsp3) is 0.500. The van der Waals surface area contributed by atoms with Crippen LogP contribution in [-0.2, 0) is 11.2 Å². The van der Waals surface area contributed by atoms with E-state index in [-0.39, 0.29) is 11.6 Å². The highest BCUT2D eigenvalue weighted by Crippen LogP contribution is 2.27. The van der Waals surface area contributed by atoms with Gasteiger partial charge in [0.15, 0.2) is 0 Å². The number of amides is 1. The van der Waals surface area contributed by atoms with Gasteiger partial charge in [0.2, 0.25) is 5.91 Å². The van der Waals surface area contributed by atoms with Crippen molar-refractivity contribution in [3.8, 4) is 0 Å². The second kappa shape index (κ2) is 7.90.